The molecule has 0 saturated carbocycles. The van der Waals surface area contributed by atoms with Crippen molar-refractivity contribution in [3.63, 3.8) is 0 Å². The van der Waals surface area contributed by atoms with Crippen LogP contribution in [0.1, 0.15) is 30.4 Å². The maximum Gasteiger partial charge on any atom is 0.309 e. The highest BCUT2D eigenvalue weighted by molar-refractivity contribution is 6.13. The fraction of sp³-hybridized carbons (Fsp3) is 0.227. The highest BCUT2D eigenvalue weighted by Crippen LogP contribution is 2.19. The third-order valence-electron chi connectivity index (χ3n) is 4.33. The molecule has 0 fully saturated rings. The zero-order valence-electron chi connectivity index (χ0n) is 15.0. The number of benzene rings is 2. The van der Waals surface area contributed by atoms with Gasteiger partial charge in [-0.25, -0.2) is 5.43 Å². The smallest absolute Gasteiger partial charge is 0.309 e. The SMILES string of the molecule is O=C(COC(=O)C1CC=CCC1)NN=C(c1ccccc1)c1ccccc1. The highest BCUT2D eigenvalue weighted by atomic mass is 16.5. The van der Waals surface area contributed by atoms with Crippen LogP contribution in [0.4, 0.5) is 0 Å². The minimum absolute atomic E-state index is 0.157. The topological polar surface area (TPSA) is 67.8 Å². The molecule has 1 N–H and O–H groups in total. The minimum Gasteiger partial charge on any atom is -0.455 e. The van der Waals surface area contributed by atoms with Crippen LogP contribution in [0.15, 0.2) is 77.9 Å². The molecule has 3 rings (SSSR count). The van der Waals surface area contributed by atoms with E-state index in [9.17, 15) is 9.59 Å². The number of amides is 1. The third kappa shape index (κ3) is 5.38. The lowest BCUT2D eigenvalue weighted by Gasteiger charge is -2.15. The number of hydrogen-bond donors (Lipinski definition) is 1. The van der Waals surface area contributed by atoms with Gasteiger partial charge in [0.2, 0.25) is 0 Å². The molecule has 0 spiro atoms. The molecule has 5 nitrogen and oxygen atoms in total. The average Bonchev–Trinajstić information content (AvgIpc) is 2.74. The maximum absolute atomic E-state index is 12.1. The number of esters is 1. The molecule has 0 radical (unpaired) electrons. The van der Waals surface area contributed by atoms with Crippen molar-refractivity contribution in [2.75, 3.05) is 6.61 Å². The number of hydrogen-bond acceptors (Lipinski definition) is 4. The zero-order valence-corrected chi connectivity index (χ0v) is 15.0. The molecular formula is C22H22N2O3. The van der Waals surface area contributed by atoms with Crippen LogP contribution in [0.5, 0.6) is 0 Å². The number of ether oxygens (including phenoxy) is 1. The predicted molar refractivity (Wildman–Crippen MR) is 104 cm³/mol. The van der Waals surface area contributed by atoms with E-state index in [-0.39, 0.29) is 18.5 Å². The molecule has 2 aromatic rings. The van der Waals surface area contributed by atoms with Gasteiger partial charge in [0, 0.05) is 11.1 Å². The van der Waals surface area contributed by atoms with E-state index >= 15 is 0 Å². The van der Waals surface area contributed by atoms with E-state index < -0.39 is 5.91 Å². The van der Waals surface area contributed by atoms with Crippen LogP contribution in [0.3, 0.4) is 0 Å². The summed E-state index contributed by atoms with van der Waals surface area (Å²) in [7, 11) is 0. The van der Waals surface area contributed by atoms with Crippen LogP contribution in [-0.2, 0) is 14.3 Å². The fourth-order valence-corrected chi connectivity index (χ4v) is 2.90. The van der Waals surface area contributed by atoms with Gasteiger partial charge in [0.15, 0.2) is 6.61 Å². The molecule has 0 aromatic heterocycles. The van der Waals surface area contributed by atoms with Gasteiger partial charge in [-0.05, 0) is 19.3 Å². The van der Waals surface area contributed by atoms with E-state index in [1.54, 1.807) is 0 Å². The standard InChI is InChI=1S/C22H22N2O3/c25-20(16-27-22(26)19-14-8-3-9-15-19)23-24-21(17-10-4-1-5-11-17)18-12-6-2-7-13-18/h1-8,10-13,19H,9,14-16H2,(H,23,25). The van der Waals surface area contributed by atoms with E-state index in [1.807, 2.05) is 66.7 Å². The van der Waals surface area contributed by atoms with Crippen molar-refractivity contribution in [1.82, 2.24) is 5.43 Å². The second-order valence-electron chi connectivity index (χ2n) is 6.32. The predicted octanol–water partition coefficient (Wildman–Crippen LogP) is 3.45. The van der Waals surface area contributed by atoms with Gasteiger partial charge in [0.1, 0.15) is 0 Å². The molecule has 0 bridgehead atoms. The third-order valence-corrected chi connectivity index (χ3v) is 4.33. The van der Waals surface area contributed by atoms with Crippen molar-refractivity contribution in [2.45, 2.75) is 19.3 Å². The van der Waals surface area contributed by atoms with Crippen LogP contribution in [0.25, 0.3) is 0 Å². The van der Waals surface area contributed by atoms with Gasteiger partial charge >= 0.3 is 5.97 Å². The van der Waals surface area contributed by atoms with Gasteiger partial charge in [0.05, 0.1) is 11.6 Å². The molecule has 5 heteroatoms. The lowest BCUT2D eigenvalue weighted by Crippen LogP contribution is -2.28. The van der Waals surface area contributed by atoms with E-state index in [2.05, 4.69) is 16.6 Å². The Morgan fingerprint density at radius 3 is 2.15 bits per heavy atom. The average molecular weight is 362 g/mol. The number of carbonyl (C=O) groups is 2. The van der Waals surface area contributed by atoms with E-state index in [0.717, 1.165) is 24.0 Å². The number of carbonyl (C=O) groups excluding carboxylic acids is 2. The molecule has 1 atom stereocenters. The Morgan fingerprint density at radius 2 is 1.59 bits per heavy atom. The number of rotatable bonds is 6. The second-order valence-corrected chi connectivity index (χ2v) is 6.32. The van der Waals surface area contributed by atoms with Gasteiger partial charge in [-0.2, -0.15) is 5.10 Å². The minimum atomic E-state index is -0.459. The molecule has 0 heterocycles. The van der Waals surface area contributed by atoms with Crippen molar-refractivity contribution in [2.24, 2.45) is 11.0 Å². The Kier molecular flexibility index (Phi) is 6.52. The summed E-state index contributed by atoms with van der Waals surface area (Å²) in [4.78, 5) is 24.1. The first kappa shape index (κ1) is 18.6. The molecule has 1 amide bonds. The summed E-state index contributed by atoms with van der Waals surface area (Å²) in [6.07, 6.45) is 6.34. The van der Waals surface area contributed by atoms with Crippen molar-refractivity contribution >= 4 is 17.6 Å². The largest absolute Gasteiger partial charge is 0.455 e. The molecule has 1 aliphatic carbocycles. The van der Waals surface area contributed by atoms with Crippen molar-refractivity contribution in [3.8, 4) is 0 Å². The molecule has 138 valence electrons. The van der Waals surface area contributed by atoms with E-state index in [1.165, 1.54) is 0 Å². The number of hydrazone groups is 1. The monoisotopic (exact) mass is 362 g/mol. The molecule has 1 aliphatic rings. The quantitative estimate of drug-likeness (QED) is 0.370. The van der Waals surface area contributed by atoms with Crippen molar-refractivity contribution < 1.29 is 14.3 Å². The first-order valence-electron chi connectivity index (χ1n) is 9.03. The first-order chi connectivity index (χ1) is 13.2. The van der Waals surface area contributed by atoms with Crippen LogP contribution < -0.4 is 5.43 Å². The summed E-state index contributed by atoms with van der Waals surface area (Å²) in [6, 6.07) is 19.2. The Balaban J connectivity index is 1.63. The normalized spacial score (nSPS) is 15.6. The lowest BCUT2D eigenvalue weighted by atomic mass is 9.95. The highest BCUT2D eigenvalue weighted by Gasteiger charge is 2.21. The van der Waals surface area contributed by atoms with Crippen LogP contribution in [-0.4, -0.2) is 24.2 Å². The zero-order chi connectivity index (χ0) is 18.9. The Morgan fingerprint density at radius 1 is 0.963 bits per heavy atom. The molecule has 1 unspecified atom stereocenters. The molecule has 0 saturated heterocycles. The summed E-state index contributed by atoms with van der Waals surface area (Å²) in [5, 5.41) is 4.27. The van der Waals surface area contributed by atoms with Gasteiger partial charge in [-0.3, -0.25) is 9.59 Å². The summed E-state index contributed by atoms with van der Waals surface area (Å²) in [5.41, 5.74) is 4.91. The number of nitrogens with one attached hydrogen (secondary N) is 1. The summed E-state index contributed by atoms with van der Waals surface area (Å²) >= 11 is 0. The maximum atomic E-state index is 12.1. The van der Waals surface area contributed by atoms with E-state index in [4.69, 9.17) is 4.74 Å². The van der Waals surface area contributed by atoms with Crippen LogP contribution in [0, 0.1) is 5.92 Å². The van der Waals surface area contributed by atoms with Crippen molar-refractivity contribution in [3.05, 3.63) is 83.9 Å². The molecule has 0 aliphatic heterocycles. The lowest BCUT2D eigenvalue weighted by molar-refractivity contribution is -0.152. The Labute approximate surface area is 158 Å². The van der Waals surface area contributed by atoms with Crippen LogP contribution >= 0.6 is 0 Å². The second kappa shape index (κ2) is 9.48. The Hall–Kier alpha value is -3.21. The van der Waals surface area contributed by atoms with Gasteiger partial charge in [-0.1, -0.05) is 72.8 Å². The van der Waals surface area contributed by atoms with Gasteiger partial charge < -0.3 is 4.74 Å². The van der Waals surface area contributed by atoms with Gasteiger partial charge in [-0.15, -0.1) is 0 Å². The molecule has 27 heavy (non-hydrogen) atoms. The molecule has 2 aromatic carbocycles. The summed E-state index contributed by atoms with van der Waals surface area (Å²) in [5.74, 6) is -0.945. The van der Waals surface area contributed by atoms with Crippen molar-refractivity contribution in [1.29, 1.82) is 0 Å². The van der Waals surface area contributed by atoms with Gasteiger partial charge in [0.25, 0.3) is 5.91 Å². The fourth-order valence-electron chi connectivity index (χ4n) is 2.90. The number of nitrogens with zero attached hydrogens (tertiary/aromatic N) is 1. The summed E-state index contributed by atoms with van der Waals surface area (Å²) < 4.78 is 5.13. The molecular weight excluding hydrogens is 340 g/mol. The van der Waals surface area contributed by atoms with Crippen LogP contribution in [0.2, 0.25) is 0 Å². The Bertz CT molecular complexity index is 788. The van der Waals surface area contributed by atoms with E-state index in [0.29, 0.717) is 12.1 Å². The number of allylic oxidation sites excluding steroid dienone is 2. The first-order valence-corrected chi connectivity index (χ1v) is 9.03. The summed E-state index contributed by atoms with van der Waals surface area (Å²) in [6.45, 7) is -0.334.